The van der Waals surface area contributed by atoms with Crippen LogP contribution in [0, 0.1) is 46.3 Å². The zero-order valence-corrected chi connectivity index (χ0v) is 32.9. The SMILES string of the molecule is CC1C[C@H]2[C@@H]3C[C@H](F)C4=CC(=O)C=C[C@]4(C)[C@@]3(F)[C@@H](OCOP(=O)(O)OP(=O)(O)OCCNC(=O)COC3C#CCCCCC3)C[C@@]2(C)[C]1C(=O)SCF. The molecule has 1 amide bonds. The van der Waals surface area contributed by atoms with Crippen LogP contribution in [0.5, 0.6) is 0 Å². The zero-order chi connectivity index (χ0) is 39.5. The number of halogens is 3. The Morgan fingerprint density at radius 1 is 1.09 bits per heavy atom. The first-order valence-electron chi connectivity index (χ1n) is 17.9. The van der Waals surface area contributed by atoms with Gasteiger partial charge in [-0.25, -0.2) is 22.3 Å². The van der Waals surface area contributed by atoms with Gasteiger partial charge in [-0.2, -0.15) is 4.31 Å². The van der Waals surface area contributed by atoms with Gasteiger partial charge >= 0.3 is 15.6 Å². The Bertz CT molecular complexity index is 1670. The Balaban J connectivity index is 1.22. The second-order valence-electron chi connectivity index (χ2n) is 14.8. The zero-order valence-electron chi connectivity index (χ0n) is 30.3. The van der Waals surface area contributed by atoms with Gasteiger partial charge in [-0.05, 0) is 80.4 Å². The number of ether oxygens (including phenoxy) is 2. The minimum Gasteiger partial charge on any atom is -0.356 e. The third-order valence-corrected chi connectivity index (χ3v) is 14.6. The molecule has 301 valence electrons. The molecule has 5 aliphatic carbocycles. The highest BCUT2D eigenvalue weighted by Crippen LogP contribution is 2.71. The third-order valence-electron chi connectivity index (χ3n) is 11.4. The monoisotopic (exact) mass is 824 g/mol. The average Bonchev–Trinajstić information content (AvgIpc) is 3.33. The number of hydrogen-bond acceptors (Lipinski definition) is 11. The van der Waals surface area contributed by atoms with E-state index < -0.39 is 98.4 Å². The molecule has 0 saturated heterocycles. The molecule has 3 saturated carbocycles. The molecule has 0 aromatic heterocycles. The summed E-state index contributed by atoms with van der Waals surface area (Å²) in [7, 11) is -10.7. The number of carbonyl (C=O) groups excluding carboxylic acids is 3. The minimum absolute atomic E-state index is 0.0891. The Labute approximate surface area is 317 Å². The van der Waals surface area contributed by atoms with Crippen molar-refractivity contribution in [2.45, 2.75) is 96.2 Å². The standard InChI is InChI=1S/C35H47F3NO12P2S/c1-22-15-25-26-17-28(37)27-16-23(40)11-12-34(27,3)35(26,38)29(18-33(25,2)31(22)32(42)54-20-36)48-21-50-53(45,46)51-52(43,44)49-14-13-39-30(41)19-47-24-9-7-5-4-6-8-10-24/h11-12,16,22,24-26,28-29H,4-7,9,13-15,17-21H2,1-3H3,(H,39,41)(H,43,44)(H,45,46)/t22?,24?,25-,26-,28-,29-,33+,34-,35-/m0/s1. The highest BCUT2D eigenvalue weighted by Gasteiger charge is 2.74. The summed E-state index contributed by atoms with van der Waals surface area (Å²) in [5.41, 5.74) is -5.33. The van der Waals surface area contributed by atoms with Crippen LogP contribution in [0.15, 0.2) is 23.8 Å². The third kappa shape index (κ3) is 9.14. The summed E-state index contributed by atoms with van der Waals surface area (Å²) >= 11 is 0.465. The highest BCUT2D eigenvalue weighted by molar-refractivity contribution is 8.13. The lowest BCUT2D eigenvalue weighted by Gasteiger charge is -2.63. The molecule has 0 bridgehead atoms. The molecule has 11 atom stereocenters. The summed E-state index contributed by atoms with van der Waals surface area (Å²) in [6, 6.07) is -0.984. The molecule has 3 N–H and O–H groups in total. The Morgan fingerprint density at radius 2 is 1.83 bits per heavy atom. The maximum Gasteiger partial charge on any atom is 0.483 e. The number of ketones is 1. The number of phosphoric ester groups is 2. The fourth-order valence-electron chi connectivity index (χ4n) is 9.10. The number of fused-ring (bicyclic) bond motifs is 5. The van der Waals surface area contributed by atoms with E-state index in [0.29, 0.717) is 30.5 Å². The van der Waals surface area contributed by atoms with Crippen molar-refractivity contribution in [3.8, 4) is 11.8 Å². The van der Waals surface area contributed by atoms with E-state index in [1.54, 1.807) is 13.8 Å². The summed E-state index contributed by atoms with van der Waals surface area (Å²) in [5.74, 6) is 3.19. The van der Waals surface area contributed by atoms with Crippen LogP contribution in [-0.2, 0) is 46.3 Å². The number of alkyl halides is 3. The lowest BCUT2D eigenvalue weighted by Crippen LogP contribution is -2.68. The van der Waals surface area contributed by atoms with E-state index in [9.17, 15) is 37.7 Å². The molecule has 19 heteroatoms. The van der Waals surface area contributed by atoms with E-state index in [2.05, 4.69) is 21.5 Å². The van der Waals surface area contributed by atoms with Gasteiger partial charge in [0.25, 0.3) is 0 Å². The van der Waals surface area contributed by atoms with Crippen molar-refractivity contribution in [1.82, 2.24) is 5.32 Å². The van der Waals surface area contributed by atoms with Crippen molar-refractivity contribution in [2.24, 2.45) is 28.6 Å². The van der Waals surface area contributed by atoms with Crippen molar-refractivity contribution < 1.29 is 69.3 Å². The van der Waals surface area contributed by atoms with Crippen LogP contribution in [0.1, 0.15) is 72.1 Å². The fraction of sp³-hybridized carbons (Fsp3) is 0.714. The molecule has 13 nitrogen and oxygen atoms in total. The Morgan fingerprint density at radius 3 is 2.57 bits per heavy atom. The van der Waals surface area contributed by atoms with Gasteiger partial charge in [-0.15, -0.1) is 5.92 Å². The van der Waals surface area contributed by atoms with Gasteiger partial charge in [0.15, 0.2) is 23.4 Å². The first-order valence-corrected chi connectivity index (χ1v) is 21.9. The first kappa shape index (κ1) is 43.3. The van der Waals surface area contributed by atoms with E-state index in [0.717, 1.165) is 37.8 Å². The number of thioether (sulfide) groups is 1. The molecule has 5 aliphatic rings. The van der Waals surface area contributed by atoms with Gasteiger partial charge in [0.1, 0.15) is 24.9 Å². The predicted molar refractivity (Wildman–Crippen MR) is 190 cm³/mol. The van der Waals surface area contributed by atoms with Crippen LogP contribution in [0.4, 0.5) is 13.2 Å². The van der Waals surface area contributed by atoms with Crippen LogP contribution in [-0.4, -0.2) is 83.2 Å². The maximum atomic E-state index is 18.2. The van der Waals surface area contributed by atoms with Gasteiger partial charge in [-0.1, -0.05) is 44.0 Å². The Hall–Kier alpha value is -1.83. The molecule has 0 aromatic rings. The van der Waals surface area contributed by atoms with Crippen LogP contribution in [0.2, 0.25) is 0 Å². The topological polar surface area (TPSA) is 184 Å². The number of nitrogens with one attached hydrogen (secondary N) is 1. The second-order valence-corrected chi connectivity index (χ2v) is 18.7. The van der Waals surface area contributed by atoms with Crippen molar-refractivity contribution in [1.29, 1.82) is 0 Å². The van der Waals surface area contributed by atoms with Crippen molar-refractivity contribution in [3.63, 3.8) is 0 Å². The fourth-order valence-corrected chi connectivity index (χ4v) is 11.7. The molecule has 0 heterocycles. The number of hydrogen-bond donors (Lipinski definition) is 3. The van der Waals surface area contributed by atoms with Gasteiger partial charge in [-0.3, -0.25) is 23.4 Å². The van der Waals surface area contributed by atoms with Crippen molar-refractivity contribution in [3.05, 3.63) is 29.7 Å². The van der Waals surface area contributed by atoms with Crippen LogP contribution >= 0.6 is 27.4 Å². The largest absolute Gasteiger partial charge is 0.483 e. The van der Waals surface area contributed by atoms with E-state index in [-0.39, 0.29) is 37.7 Å². The summed E-state index contributed by atoms with van der Waals surface area (Å²) in [6.07, 6.45) is 4.03. The number of rotatable bonds is 15. The predicted octanol–water partition coefficient (Wildman–Crippen LogP) is 6.01. The van der Waals surface area contributed by atoms with Crippen molar-refractivity contribution >= 4 is 44.2 Å². The summed E-state index contributed by atoms with van der Waals surface area (Å²) in [6.45, 7) is 2.56. The highest BCUT2D eigenvalue weighted by atomic mass is 32.2. The van der Waals surface area contributed by atoms with E-state index >= 15 is 8.78 Å². The number of amides is 1. The average molecular weight is 825 g/mol. The summed E-state index contributed by atoms with van der Waals surface area (Å²) in [4.78, 5) is 58.0. The number of carbonyl (C=O) groups is 3. The van der Waals surface area contributed by atoms with Crippen LogP contribution < -0.4 is 5.32 Å². The van der Waals surface area contributed by atoms with E-state index in [4.69, 9.17) is 18.5 Å². The minimum atomic E-state index is -5.43. The van der Waals surface area contributed by atoms with Gasteiger partial charge in [0.2, 0.25) is 5.91 Å². The van der Waals surface area contributed by atoms with E-state index in [1.807, 2.05) is 0 Å². The summed E-state index contributed by atoms with van der Waals surface area (Å²) < 4.78 is 97.9. The van der Waals surface area contributed by atoms with Gasteiger partial charge in [0.05, 0.1) is 18.6 Å². The quantitative estimate of drug-likeness (QED) is 0.0756. The Kier molecular flexibility index (Phi) is 13.9. The van der Waals surface area contributed by atoms with Crippen LogP contribution in [0.25, 0.3) is 0 Å². The van der Waals surface area contributed by atoms with Crippen LogP contribution in [0.3, 0.4) is 0 Å². The molecule has 0 spiro atoms. The van der Waals surface area contributed by atoms with Gasteiger partial charge < -0.3 is 24.6 Å². The second kappa shape index (κ2) is 17.3. The van der Waals surface area contributed by atoms with E-state index in [1.165, 1.54) is 13.0 Å². The molecular formula is C35H47F3NO12P2S. The molecule has 54 heavy (non-hydrogen) atoms. The smallest absolute Gasteiger partial charge is 0.356 e. The first-order chi connectivity index (χ1) is 25.4. The molecule has 4 unspecified atom stereocenters. The molecule has 5 rings (SSSR count). The van der Waals surface area contributed by atoms with Crippen molar-refractivity contribution in [2.75, 3.05) is 32.6 Å². The molecule has 1 radical (unpaired) electrons. The molecular weight excluding hydrogens is 777 g/mol. The van der Waals surface area contributed by atoms with Gasteiger partial charge in [0, 0.05) is 24.3 Å². The molecule has 3 fully saturated rings. The summed E-state index contributed by atoms with van der Waals surface area (Å²) in [5, 5.41) is 1.90. The molecule has 0 aliphatic heterocycles. The number of phosphoric acid groups is 2. The maximum absolute atomic E-state index is 18.2. The lowest BCUT2D eigenvalue weighted by molar-refractivity contribution is -0.225. The normalized spacial score (nSPS) is 37.2. The lowest BCUT2D eigenvalue weighted by atomic mass is 9.45. The number of allylic oxidation sites excluding steroid dienone is 4. The molecule has 0 aromatic carbocycles.